The largest absolute Gasteiger partial charge is 0.256 e. The normalized spacial score (nSPS) is 14.2. The average Bonchev–Trinajstić information content (AvgIpc) is 3.01. The standard InChI is InChI=1S/C34H21N3S2/c1-3-10-30-25(7-1)34(26-8-2-4-11-31(26)38-30)27-14-12-22(24-19-35-21-36-20-24)17-32(27)39-33-18-23(13-15-28(33)34)29-9-5-6-16-37-29/h1-21H. The zero-order valence-corrected chi connectivity index (χ0v) is 22.4. The molecule has 0 saturated carbocycles. The maximum absolute atomic E-state index is 4.65. The molecule has 0 amide bonds. The van der Waals surface area contributed by atoms with Crippen molar-refractivity contribution in [2.75, 3.05) is 0 Å². The highest BCUT2D eigenvalue weighted by Gasteiger charge is 2.48. The molecule has 0 aliphatic carbocycles. The number of fused-ring (bicyclic) bond motifs is 8. The van der Waals surface area contributed by atoms with Crippen LogP contribution in [0.1, 0.15) is 22.3 Å². The van der Waals surface area contributed by atoms with Crippen molar-refractivity contribution in [2.24, 2.45) is 0 Å². The second kappa shape index (κ2) is 8.94. The Labute approximate surface area is 235 Å². The first-order valence-electron chi connectivity index (χ1n) is 12.8. The minimum Gasteiger partial charge on any atom is -0.256 e. The van der Waals surface area contributed by atoms with E-state index < -0.39 is 5.41 Å². The first-order chi connectivity index (χ1) is 19.3. The van der Waals surface area contributed by atoms with Gasteiger partial charge in [-0.05, 0) is 64.2 Å². The van der Waals surface area contributed by atoms with E-state index in [-0.39, 0.29) is 0 Å². The third-order valence-electron chi connectivity index (χ3n) is 7.65. The van der Waals surface area contributed by atoms with Gasteiger partial charge in [-0.3, -0.25) is 4.98 Å². The molecular formula is C34H21N3S2. The first-order valence-corrected chi connectivity index (χ1v) is 14.5. The maximum atomic E-state index is 4.65. The van der Waals surface area contributed by atoms with Gasteiger partial charge in [-0.1, -0.05) is 90.3 Å². The van der Waals surface area contributed by atoms with Crippen molar-refractivity contribution in [1.29, 1.82) is 0 Å². The van der Waals surface area contributed by atoms with Crippen molar-refractivity contribution in [2.45, 2.75) is 25.0 Å². The molecule has 8 rings (SSSR count). The molecule has 5 heteroatoms. The van der Waals surface area contributed by atoms with Crippen molar-refractivity contribution < 1.29 is 0 Å². The summed E-state index contributed by atoms with van der Waals surface area (Å²) in [5.41, 5.74) is 9.10. The number of hydrogen-bond donors (Lipinski definition) is 0. The molecule has 39 heavy (non-hydrogen) atoms. The van der Waals surface area contributed by atoms with E-state index in [9.17, 15) is 0 Å². The smallest absolute Gasteiger partial charge is 0.115 e. The van der Waals surface area contributed by atoms with E-state index in [0.717, 1.165) is 22.4 Å². The van der Waals surface area contributed by atoms with Gasteiger partial charge in [0.05, 0.1) is 11.1 Å². The molecule has 0 fully saturated rings. The van der Waals surface area contributed by atoms with Crippen LogP contribution in [0.15, 0.2) is 148 Å². The summed E-state index contributed by atoms with van der Waals surface area (Å²) < 4.78 is 0. The molecule has 0 bridgehead atoms. The van der Waals surface area contributed by atoms with Crippen molar-refractivity contribution in [1.82, 2.24) is 15.0 Å². The Bertz CT molecular complexity index is 1730. The van der Waals surface area contributed by atoms with E-state index >= 15 is 0 Å². The predicted octanol–water partition coefficient (Wildman–Crippen LogP) is 8.52. The van der Waals surface area contributed by atoms with Crippen LogP contribution in [0.5, 0.6) is 0 Å². The van der Waals surface area contributed by atoms with E-state index in [0.29, 0.717) is 0 Å². The SMILES string of the molecule is c1ccc(-c2ccc3c(c2)Sc2cc(-c4cncnc4)ccc2C32c3ccccc3Sc3ccccc32)nc1. The fourth-order valence-corrected chi connectivity index (χ4v) is 8.46. The van der Waals surface area contributed by atoms with Crippen molar-refractivity contribution in [3.05, 3.63) is 150 Å². The summed E-state index contributed by atoms with van der Waals surface area (Å²) in [6, 6.07) is 37.6. The van der Waals surface area contributed by atoms with Crippen LogP contribution in [0.2, 0.25) is 0 Å². The molecule has 2 aromatic heterocycles. The lowest BCUT2D eigenvalue weighted by molar-refractivity contribution is 0.667. The molecule has 0 unspecified atom stereocenters. The number of rotatable bonds is 2. The Morgan fingerprint density at radius 3 is 1.72 bits per heavy atom. The molecule has 0 atom stereocenters. The van der Waals surface area contributed by atoms with Crippen molar-refractivity contribution in [3.63, 3.8) is 0 Å². The molecule has 1 spiro atoms. The van der Waals surface area contributed by atoms with Crippen molar-refractivity contribution in [3.8, 4) is 22.4 Å². The minimum absolute atomic E-state index is 0.428. The quantitative estimate of drug-likeness (QED) is 0.222. The fourth-order valence-electron chi connectivity index (χ4n) is 5.99. The Morgan fingerprint density at radius 2 is 1.05 bits per heavy atom. The summed E-state index contributed by atoms with van der Waals surface area (Å²) in [5.74, 6) is 0. The highest BCUT2D eigenvalue weighted by molar-refractivity contribution is 8.00. The number of pyridine rings is 1. The van der Waals surface area contributed by atoms with E-state index in [1.54, 1.807) is 6.33 Å². The van der Waals surface area contributed by atoms with Gasteiger partial charge in [0.15, 0.2) is 0 Å². The summed E-state index contributed by atoms with van der Waals surface area (Å²) >= 11 is 3.71. The monoisotopic (exact) mass is 535 g/mol. The Balaban J connectivity index is 1.46. The summed E-state index contributed by atoms with van der Waals surface area (Å²) in [6.07, 6.45) is 7.20. The van der Waals surface area contributed by atoms with Crippen LogP contribution in [0.4, 0.5) is 0 Å². The van der Waals surface area contributed by atoms with Crippen LogP contribution >= 0.6 is 23.5 Å². The number of nitrogens with zero attached hydrogens (tertiary/aromatic N) is 3. The summed E-state index contributed by atoms with van der Waals surface area (Å²) in [4.78, 5) is 18.3. The highest BCUT2D eigenvalue weighted by atomic mass is 32.2. The molecule has 0 radical (unpaired) electrons. The Morgan fingerprint density at radius 1 is 0.487 bits per heavy atom. The second-order valence-electron chi connectivity index (χ2n) is 9.71. The zero-order valence-electron chi connectivity index (χ0n) is 20.8. The topological polar surface area (TPSA) is 38.7 Å². The summed E-state index contributed by atoms with van der Waals surface area (Å²) in [5, 5.41) is 0. The van der Waals surface area contributed by atoms with Gasteiger partial charge in [0, 0.05) is 49.3 Å². The third-order valence-corrected chi connectivity index (χ3v) is 9.91. The number of aromatic nitrogens is 3. The van der Waals surface area contributed by atoms with Crippen molar-refractivity contribution >= 4 is 23.5 Å². The average molecular weight is 536 g/mol. The molecule has 3 nitrogen and oxygen atoms in total. The molecule has 2 aliphatic rings. The molecule has 2 aliphatic heterocycles. The maximum Gasteiger partial charge on any atom is 0.115 e. The summed E-state index contributed by atoms with van der Waals surface area (Å²) in [6.45, 7) is 0. The molecule has 184 valence electrons. The third kappa shape index (κ3) is 3.43. The van der Waals surface area contributed by atoms with Gasteiger partial charge >= 0.3 is 0 Å². The van der Waals surface area contributed by atoms with Crippen LogP contribution < -0.4 is 0 Å². The molecule has 0 N–H and O–H groups in total. The number of hydrogen-bond acceptors (Lipinski definition) is 5. The van der Waals surface area contributed by atoms with E-state index in [1.807, 2.05) is 54.2 Å². The van der Waals surface area contributed by atoms with Crippen LogP contribution in [0, 0.1) is 0 Å². The van der Waals surface area contributed by atoms with Crippen LogP contribution in [0.3, 0.4) is 0 Å². The van der Waals surface area contributed by atoms with Gasteiger partial charge in [-0.25, -0.2) is 9.97 Å². The van der Waals surface area contributed by atoms with Gasteiger partial charge in [-0.2, -0.15) is 0 Å². The Hall–Kier alpha value is -4.19. The van der Waals surface area contributed by atoms with E-state index in [4.69, 9.17) is 0 Å². The van der Waals surface area contributed by atoms with Gasteiger partial charge in [-0.15, -0.1) is 0 Å². The van der Waals surface area contributed by atoms with E-state index in [2.05, 4.69) is 106 Å². The lowest BCUT2D eigenvalue weighted by Crippen LogP contribution is -2.36. The van der Waals surface area contributed by atoms with Gasteiger partial charge in [0.25, 0.3) is 0 Å². The minimum atomic E-state index is -0.428. The van der Waals surface area contributed by atoms with Gasteiger partial charge < -0.3 is 0 Å². The van der Waals surface area contributed by atoms with Crippen LogP contribution in [0.25, 0.3) is 22.4 Å². The molecule has 6 aromatic rings. The van der Waals surface area contributed by atoms with Gasteiger partial charge in [0.2, 0.25) is 0 Å². The fraction of sp³-hybridized carbons (Fsp3) is 0.0294. The molecular weight excluding hydrogens is 515 g/mol. The lowest BCUT2D eigenvalue weighted by Gasteiger charge is -2.45. The number of benzene rings is 4. The Kier molecular flexibility index (Phi) is 5.22. The zero-order chi connectivity index (χ0) is 25.8. The molecule has 0 saturated heterocycles. The van der Waals surface area contributed by atoms with E-state index in [1.165, 1.54) is 41.8 Å². The molecule has 4 heterocycles. The highest BCUT2D eigenvalue weighted by Crippen LogP contribution is 2.62. The van der Waals surface area contributed by atoms with Gasteiger partial charge in [0.1, 0.15) is 6.33 Å². The second-order valence-corrected chi connectivity index (χ2v) is 11.9. The first kappa shape index (κ1) is 22.8. The lowest BCUT2D eigenvalue weighted by atomic mass is 9.64. The van der Waals surface area contributed by atoms with Crippen LogP contribution in [-0.2, 0) is 5.41 Å². The predicted molar refractivity (Wildman–Crippen MR) is 157 cm³/mol. The summed E-state index contributed by atoms with van der Waals surface area (Å²) in [7, 11) is 0. The van der Waals surface area contributed by atoms with Crippen LogP contribution in [-0.4, -0.2) is 15.0 Å². The molecule has 4 aromatic carbocycles.